The van der Waals surface area contributed by atoms with E-state index in [1.165, 1.54) is 6.26 Å². The van der Waals surface area contributed by atoms with Gasteiger partial charge in [0.15, 0.2) is 9.84 Å². The van der Waals surface area contributed by atoms with Gasteiger partial charge < -0.3 is 29.9 Å². The summed E-state index contributed by atoms with van der Waals surface area (Å²) in [7, 11) is -3.49. The second kappa shape index (κ2) is 9.86. The van der Waals surface area contributed by atoms with Gasteiger partial charge in [-0.1, -0.05) is 78.9 Å². The molecule has 0 saturated carbocycles. The smallest absolute Gasteiger partial charge is 0.357 e. The van der Waals surface area contributed by atoms with Gasteiger partial charge in [-0.15, -0.1) is 0 Å². The van der Waals surface area contributed by atoms with Crippen molar-refractivity contribution in [3.05, 3.63) is 91.0 Å². The zero-order valence-electron chi connectivity index (χ0n) is 23.3. The van der Waals surface area contributed by atoms with Crippen LogP contribution in [-0.4, -0.2) is 44.6 Å². The molecule has 0 amide bonds. The van der Waals surface area contributed by atoms with Crippen LogP contribution in [0.4, 0.5) is 0 Å². The molecule has 0 fully saturated rings. The van der Waals surface area contributed by atoms with Crippen LogP contribution in [0, 0.1) is 0 Å². The molecule has 1 radical (unpaired) electrons. The van der Waals surface area contributed by atoms with Gasteiger partial charge in [0, 0.05) is 51.1 Å². The molecule has 2 aliphatic heterocycles. The predicted molar refractivity (Wildman–Crippen MR) is 167 cm³/mol. The molecule has 0 saturated heterocycles. The summed E-state index contributed by atoms with van der Waals surface area (Å²) >= 11 is 0. The number of benzene rings is 4. The van der Waals surface area contributed by atoms with Gasteiger partial charge in [-0.2, -0.15) is 0 Å². The van der Waals surface area contributed by atoms with Crippen LogP contribution in [0.3, 0.4) is 0 Å². The van der Waals surface area contributed by atoms with E-state index in [1.807, 2.05) is 72.8 Å². The summed E-state index contributed by atoms with van der Waals surface area (Å²) < 4.78 is 25.0. The molecule has 0 atom stereocenters. The first kappa shape index (κ1) is 27.3. The normalized spacial score (nSPS) is 12.1. The summed E-state index contributed by atoms with van der Waals surface area (Å²) in [5, 5.41) is 2.86. The van der Waals surface area contributed by atoms with Crippen molar-refractivity contribution in [3.8, 4) is 45.6 Å². The van der Waals surface area contributed by atoms with Crippen molar-refractivity contribution in [1.29, 1.82) is 0 Å². The van der Waals surface area contributed by atoms with Crippen LogP contribution >= 0.6 is 0 Å². The van der Waals surface area contributed by atoms with Crippen LogP contribution in [0.15, 0.2) is 95.9 Å². The van der Waals surface area contributed by atoms with Crippen molar-refractivity contribution >= 4 is 54.0 Å². The third-order valence-corrected chi connectivity index (χ3v) is 8.93. The van der Waals surface area contributed by atoms with Gasteiger partial charge in [0.25, 0.3) is 0 Å². The number of nitrogens with zero attached hydrogens (tertiary/aromatic N) is 8. The monoisotopic (exact) mass is 653 g/mol. The van der Waals surface area contributed by atoms with Crippen molar-refractivity contribution in [2.75, 3.05) is 6.26 Å². The van der Waals surface area contributed by atoms with Crippen molar-refractivity contribution in [2.45, 2.75) is 4.90 Å². The molecular weight excluding hydrogens is 636 g/mol. The summed E-state index contributed by atoms with van der Waals surface area (Å²) in [6, 6.07) is 28.1. The van der Waals surface area contributed by atoms with E-state index in [0.29, 0.717) is 56.7 Å². The van der Waals surface area contributed by atoms with Gasteiger partial charge in [0.05, 0.1) is 28.2 Å². The minimum Gasteiger partial charge on any atom is -0.357 e. The summed E-state index contributed by atoms with van der Waals surface area (Å²) in [4.78, 5) is 39.1. The van der Waals surface area contributed by atoms with E-state index < -0.39 is 9.84 Å². The molecule has 7 aromatic rings. The molecule has 0 N–H and O–H groups in total. The van der Waals surface area contributed by atoms with Gasteiger partial charge >= 0.3 is 17.1 Å². The zero-order chi connectivity index (χ0) is 29.6. The maximum Gasteiger partial charge on any atom is 2.00 e. The van der Waals surface area contributed by atoms with Crippen molar-refractivity contribution < 1.29 is 25.5 Å². The van der Waals surface area contributed by atoms with Gasteiger partial charge in [0.2, 0.25) is 0 Å². The largest absolute Gasteiger partial charge is 2.00 e. The first-order chi connectivity index (χ1) is 21.4. The quantitative estimate of drug-likeness (QED) is 0.208. The van der Waals surface area contributed by atoms with Gasteiger partial charge in [-0.05, 0) is 33.7 Å². The summed E-state index contributed by atoms with van der Waals surface area (Å²) in [6.07, 6.45) is 1.17. The second-order valence-electron chi connectivity index (χ2n) is 10.6. The average Bonchev–Trinajstić information content (AvgIpc) is 3.76. The van der Waals surface area contributed by atoms with E-state index in [1.54, 1.807) is 18.2 Å². The number of hydrogen-bond donors (Lipinski definition) is 0. The Bertz CT molecular complexity index is 2660. The van der Waals surface area contributed by atoms with Gasteiger partial charge in [-0.25, -0.2) is 18.4 Å². The van der Waals surface area contributed by atoms with E-state index in [-0.39, 0.29) is 22.0 Å². The molecule has 0 spiro atoms. The van der Waals surface area contributed by atoms with Crippen LogP contribution in [0.1, 0.15) is 0 Å². The fourth-order valence-corrected chi connectivity index (χ4v) is 6.37. The Labute approximate surface area is 266 Å². The molecule has 45 heavy (non-hydrogen) atoms. The maximum absolute atomic E-state index is 12.5. The van der Waals surface area contributed by atoms with Crippen LogP contribution in [-0.2, 0) is 26.9 Å². The number of sulfone groups is 1. The molecule has 0 unspecified atom stereocenters. The molecule has 219 valence electrons. The van der Waals surface area contributed by atoms with E-state index in [4.69, 9.17) is 39.9 Å². The first-order valence-electron chi connectivity index (χ1n) is 13.7. The van der Waals surface area contributed by atoms with Crippen LogP contribution in [0.2, 0.25) is 0 Å². The van der Waals surface area contributed by atoms with Crippen LogP contribution in [0.25, 0.3) is 89.7 Å². The minimum atomic E-state index is -3.49. The molecule has 8 bridgehead atoms. The molecule has 0 aliphatic carbocycles. The first-order valence-corrected chi connectivity index (χ1v) is 15.6. The Morgan fingerprint density at radius 1 is 0.467 bits per heavy atom. The number of fused-ring (bicyclic) bond motifs is 20. The molecule has 4 aromatic carbocycles. The van der Waals surface area contributed by atoms with Gasteiger partial charge in [0.1, 0.15) is 0 Å². The average molecular weight is 654 g/mol. The molecular formula is C33H18CuN8O2S. The van der Waals surface area contributed by atoms with Crippen molar-refractivity contribution in [2.24, 2.45) is 0 Å². The number of hydrogen-bond acceptors (Lipinski definition) is 8. The zero-order valence-corrected chi connectivity index (χ0v) is 25.0. The Morgan fingerprint density at radius 3 is 1.22 bits per heavy atom. The van der Waals surface area contributed by atoms with E-state index in [0.717, 1.165) is 33.0 Å². The fourth-order valence-electron chi connectivity index (χ4n) is 5.72. The standard InChI is InChI=1S/C33H18N8O2S.Cu/c1-44(42,43)17-14-15-24-25(16-17)33-40-31-23-13-7-6-12-22(23)29(38-31)36-27-19-9-3-2-8-18(19)26(34-27)35-28-20-10-4-5-11-21(20)30(37-28)39-32(24)41-33;/h2-16H,1H3;/q-2;+2. The van der Waals surface area contributed by atoms with Crippen molar-refractivity contribution in [3.63, 3.8) is 0 Å². The third-order valence-electron chi connectivity index (χ3n) is 7.82. The van der Waals surface area contributed by atoms with E-state index in [9.17, 15) is 8.42 Å². The second-order valence-corrected chi connectivity index (χ2v) is 12.6. The van der Waals surface area contributed by atoms with Crippen LogP contribution in [0.5, 0.6) is 0 Å². The molecule has 2 aliphatic rings. The molecule has 5 heterocycles. The Balaban J connectivity index is 0.00000300. The van der Waals surface area contributed by atoms with E-state index in [2.05, 4.69) is 0 Å². The van der Waals surface area contributed by atoms with Gasteiger partial charge in [-0.3, -0.25) is 0 Å². The Kier molecular flexibility index (Phi) is 5.98. The Morgan fingerprint density at radius 2 is 0.822 bits per heavy atom. The fraction of sp³-hybridized carbons (Fsp3) is 0.0303. The van der Waals surface area contributed by atoms with E-state index >= 15 is 0 Å². The van der Waals surface area contributed by atoms with Crippen LogP contribution < -0.4 is 9.97 Å². The molecule has 9 rings (SSSR count). The predicted octanol–water partition coefficient (Wildman–Crippen LogP) is 5.53. The molecule has 3 aromatic heterocycles. The number of rotatable bonds is 1. The maximum atomic E-state index is 12.5. The third kappa shape index (κ3) is 4.26. The summed E-state index contributed by atoms with van der Waals surface area (Å²) in [5.74, 6) is 1.77. The SMILES string of the molecule is CS(=O)(=O)c1ccc2c3nc4nc(nc5[n-]c(nc6nc(nc([n-]3)c2c1)-c1ccccc1-6)c1ccccc51)-c1ccccc1-4.[Cu+2]. The topological polar surface area (TPSA) is 140 Å². The summed E-state index contributed by atoms with van der Waals surface area (Å²) in [5.41, 5.74) is 4.82. The Hall–Kier alpha value is -5.29. The van der Waals surface area contributed by atoms with Crippen molar-refractivity contribution in [1.82, 2.24) is 39.9 Å². The summed E-state index contributed by atoms with van der Waals surface area (Å²) in [6.45, 7) is 0. The minimum absolute atomic E-state index is 0. The number of aromatic nitrogens is 8. The molecule has 10 nitrogen and oxygen atoms in total. The molecule has 12 heteroatoms.